The molecule has 6 nitrogen and oxygen atoms in total. The molecule has 0 radical (unpaired) electrons. The van der Waals surface area contributed by atoms with Crippen molar-refractivity contribution in [2.75, 3.05) is 13.2 Å². The van der Waals surface area contributed by atoms with Crippen LogP contribution in [0.3, 0.4) is 0 Å². The fourth-order valence-corrected chi connectivity index (χ4v) is 5.47. The molecule has 0 aliphatic carbocycles. The van der Waals surface area contributed by atoms with E-state index in [1.54, 1.807) is 0 Å². The molecule has 0 aromatic rings. The van der Waals surface area contributed by atoms with Gasteiger partial charge in [0.05, 0.1) is 13.2 Å². The van der Waals surface area contributed by atoms with E-state index in [1.165, 1.54) is 96.3 Å². The van der Waals surface area contributed by atoms with E-state index in [4.69, 9.17) is 9.05 Å². The van der Waals surface area contributed by atoms with Gasteiger partial charge in [-0.2, -0.15) is 0 Å². The number of hydrogen-bond acceptors (Lipinski definition) is 6. The van der Waals surface area contributed by atoms with E-state index in [9.17, 15) is 19.4 Å². The van der Waals surface area contributed by atoms with Crippen molar-refractivity contribution in [1.29, 1.82) is 0 Å². The molecule has 0 amide bonds. The molecule has 0 N–H and O–H groups in total. The van der Waals surface area contributed by atoms with Crippen molar-refractivity contribution >= 4 is 36.8 Å². The summed E-state index contributed by atoms with van der Waals surface area (Å²) in [5.74, 6) is 0.505. The predicted molar refractivity (Wildman–Crippen MR) is 176 cm³/mol. The molecule has 0 fully saturated rings. The number of phosphoric acid groups is 1. The molecule has 0 unspecified atom stereocenters. The van der Waals surface area contributed by atoms with Crippen LogP contribution in [0.4, 0.5) is 0 Å². The first-order chi connectivity index (χ1) is 19.6. The number of carboxylic acids is 1. The molecule has 0 atom stereocenters. The van der Waals surface area contributed by atoms with Gasteiger partial charge in [0, 0.05) is 5.97 Å². The largest absolute Gasteiger partial charge is 2.00 e. The second kappa shape index (κ2) is 35.8. The van der Waals surface area contributed by atoms with Gasteiger partial charge >= 0.3 is 23.1 Å². The number of unbranched alkanes of at least 4 members (excludes halogenated alkanes) is 18. The van der Waals surface area contributed by atoms with Crippen molar-refractivity contribution in [1.82, 2.24) is 0 Å². The maximum absolute atomic E-state index is 11.5. The zero-order valence-corrected chi connectivity index (χ0v) is 31.0. The van der Waals surface area contributed by atoms with Gasteiger partial charge in [0.15, 0.2) is 0 Å². The molecule has 0 aromatic carbocycles. The Bertz CT molecular complexity index is 564. The number of aliphatic carboxylic acids is 1. The van der Waals surface area contributed by atoms with Crippen LogP contribution in [-0.2, 0) is 18.4 Å². The zero-order valence-electron chi connectivity index (χ0n) is 28.6. The Hall–Kier alpha value is 0.346. The Morgan fingerprint density at radius 2 is 0.881 bits per heavy atom. The van der Waals surface area contributed by atoms with Crippen molar-refractivity contribution in [3.63, 3.8) is 0 Å². The van der Waals surface area contributed by atoms with E-state index in [0.717, 1.165) is 51.4 Å². The third kappa shape index (κ3) is 44.8. The average Bonchev–Trinajstić information content (AvgIpc) is 2.90. The van der Waals surface area contributed by atoms with Crippen molar-refractivity contribution in [2.45, 2.75) is 189 Å². The van der Waals surface area contributed by atoms with Crippen molar-refractivity contribution in [2.24, 2.45) is 11.8 Å². The minimum Gasteiger partial charge on any atom is -0.756 e. The van der Waals surface area contributed by atoms with Crippen molar-refractivity contribution < 1.29 is 28.4 Å². The van der Waals surface area contributed by atoms with E-state index < -0.39 is 13.8 Å². The van der Waals surface area contributed by atoms with E-state index in [1.807, 2.05) is 0 Å². The summed E-state index contributed by atoms with van der Waals surface area (Å²) < 4.78 is 21.2. The summed E-state index contributed by atoms with van der Waals surface area (Å²) in [7, 11) is -4.08. The molecule has 0 bridgehead atoms. The van der Waals surface area contributed by atoms with Crippen LogP contribution < -0.4 is 10.00 Å². The van der Waals surface area contributed by atoms with Crippen LogP contribution in [-0.4, -0.2) is 42.2 Å². The molecule has 0 rings (SSSR count). The summed E-state index contributed by atoms with van der Waals surface area (Å²) in [6.07, 6.45) is 28.0. The number of hydrogen-bond donors (Lipinski definition) is 0. The normalized spacial score (nSPS) is 11.4. The summed E-state index contributed by atoms with van der Waals surface area (Å²) >= 11 is 0. The number of carbonyl (C=O) groups excluding carboxylic acids is 1. The van der Waals surface area contributed by atoms with E-state index in [0.29, 0.717) is 11.8 Å². The van der Waals surface area contributed by atoms with E-state index in [-0.39, 0.29) is 42.7 Å². The summed E-state index contributed by atoms with van der Waals surface area (Å²) in [6.45, 7) is 11.5. The van der Waals surface area contributed by atoms with Gasteiger partial charge in [-0.15, -0.1) is 0 Å². The first kappa shape index (κ1) is 46.8. The summed E-state index contributed by atoms with van der Waals surface area (Å²) in [5.41, 5.74) is 0. The first-order valence-electron chi connectivity index (χ1n) is 17.4. The molecular weight excluding hydrogens is 560 g/mol. The van der Waals surface area contributed by atoms with Crippen LogP contribution in [0.25, 0.3) is 0 Å². The van der Waals surface area contributed by atoms with Gasteiger partial charge in [0.1, 0.15) is 0 Å². The molecule has 0 spiro atoms. The molecule has 0 saturated heterocycles. The van der Waals surface area contributed by atoms with Gasteiger partial charge in [0.25, 0.3) is 7.82 Å². The van der Waals surface area contributed by atoms with Crippen LogP contribution in [0.2, 0.25) is 0 Å². The molecule has 0 aromatic heterocycles. The van der Waals surface area contributed by atoms with Gasteiger partial charge in [0.2, 0.25) is 0 Å². The van der Waals surface area contributed by atoms with Gasteiger partial charge in [-0.05, 0) is 37.5 Å². The van der Waals surface area contributed by atoms with Crippen molar-refractivity contribution in [3.8, 4) is 0 Å². The number of carboxylic acid groups (broad SMARTS) is 1. The van der Waals surface area contributed by atoms with Gasteiger partial charge in [-0.3, -0.25) is 4.57 Å². The standard InChI is InChI=1S/C18H36O2.C16H35O4P.Mg/c1-2-3-4-5-6-7-8-9-10-11-12-13-14-15-16-17-18(19)20;1-15(2)11-7-5-9-13-19-21(17,18)20-14-10-6-8-12-16(3)4;/h2-17H2,1H3,(H,19,20);15-16H,5-14H2,1-4H3,(H,17,18);/q;;+2/p-2. The molecule has 248 valence electrons. The maximum Gasteiger partial charge on any atom is 2.00 e. The number of phosphoric ester groups is 1. The summed E-state index contributed by atoms with van der Waals surface area (Å²) in [5, 5.41) is 10.2. The second-order valence-corrected chi connectivity index (χ2v) is 14.1. The van der Waals surface area contributed by atoms with Crippen LogP contribution in [0, 0.1) is 11.8 Å². The van der Waals surface area contributed by atoms with Crippen molar-refractivity contribution in [3.05, 3.63) is 0 Å². The fourth-order valence-electron chi connectivity index (χ4n) is 4.69. The van der Waals surface area contributed by atoms with Crippen LogP contribution in [0.15, 0.2) is 0 Å². The maximum atomic E-state index is 11.5. The molecule has 0 aliphatic rings. The Morgan fingerprint density at radius 1 is 0.571 bits per heavy atom. The quantitative estimate of drug-likeness (QED) is 0.0446. The topological polar surface area (TPSA) is 98.7 Å². The van der Waals surface area contributed by atoms with Crippen LogP contribution >= 0.6 is 7.82 Å². The first-order valence-corrected chi connectivity index (χ1v) is 18.9. The summed E-state index contributed by atoms with van der Waals surface area (Å²) in [6, 6.07) is 0. The minimum absolute atomic E-state index is 0. The molecule has 0 aliphatic heterocycles. The predicted octanol–water partition coefficient (Wildman–Crippen LogP) is 9.54. The molecular formula is C34H69MgO6P. The van der Waals surface area contributed by atoms with Gasteiger partial charge in [-0.25, -0.2) is 0 Å². The number of carbonyl (C=O) groups is 1. The molecule has 42 heavy (non-hydrogen) atoms. The smallest absolute Gasteiger partial charge is 0.756 e. The third-order valence-electron chi connectivity index (χ3n) is 7.33. The Morgan fingerprint density at radius 3 is 1.19 bits per heavy atom. The van der Waals surface area contributed by atoms with E-state index >= 15 is 0 Å². The van der Waals surface area contributed by atoms with Gasteiger partial charge < -0.3 is 23.8 Å². The Balaban J connectivity index is -0.000000708. The Labute approximate surface area is 278 Å². The summed E-state index contributed by atoms with van der Waals surface area (Å²) in [4.78, 5) is 21.7. The SMILES string of the molecule is CC(C)CCCCCOP(=O)([O-])OCCCCCC(C)C.CCCCCCCCCCCCCCCCCC(=O)[O-].[Mg+2]. The minimum atomic E-state index is -4.08. The van der Waals surface area contributed by atoms with Gasteiger partial charge in [-0.1, -0.05) is 163 Å². The molecule has 8 heteroatoms. The van der Waals surface area contributed by atoms with E-state index in [2.05, 4.69) is 34.6 Å². The van der Waals surface area contributed by atoms with Crippen LogP contribution in [0.5, 0.6) is 0 Å². The van der Waals surface area contributed by atoms with Crippen LogP contribution in [0.1, 0.15) is 189 Å². The Kier molecular flexibility index (Phi) is 39.9. The zero-order chi connectivity index (χ0) is 31.0. The third-order valence-corrected chi connectivity index (χ3v) is 8.33. The fraction of sp³-hybridized carbons (Fsp3) is 0.971. The second-order valence-electron chi connectivity index (χ2n) is 12.7. The molecule has 0 saturated carbocycles. The molecule has 0 heterocycles. The average molecular weight is 629 g/mol. The monoisotopic (exact) mass is 628 g/mol. The number of rotatable bonds is 30.